The molecule has 0 atom stereocenters. The predicted octanol–water partition coefficient (Wildman–Crippen LogP) is 7.71. The summed E-state index contributed by atoms with van der Waals surface area (Å²) in [4.78, 5) is 7.87. The summed E-state index contributed by atoms with van der Waals surface area (Å²) in [7, 11) is 0. The average molecular weight is 465 g/mol. The highest BCUT2D eigenvalue weighted by molar-refractivity contribution is 7.15. The normalized spacial score (nSPS) is 12.3. The van der Waals surface area contributed by atoms with Gasteiger partial charge in [0.1, 0.15) is 5.01 Å². The van der Waals surface area contributed by atoms with E-state index in [0.29, 0.717) is 26.7 Å². The maximum absolute atomic E-state index is 13.6. The van der Waals surface area contributed by atoms with Gasteiger partial charge in [0.2, 0.25) is 0 Å². The number of thiazole rings is 1. The zero-order chi connectivity index (χ0) is 23.3. The van der Waals surface area contributed by atoms with Crippen LogP contribution in [0.5, 0.6) is 0 Å². The van der Waals surface area contributed by atoms with Gasteiger partial charge in [-0.2, -0.15) is 26.3 Å². The third-order valence-electron chi connectivity index (χ3n) is 4.98. The number of hydrogen-bond donors (Lipinski definition) is 0. The summed E-state index contributed by atoms with van der Waals surface area (Å²) in [5.74, 6) is 0. The van der Waals surface area contributed by atoms with Crippen LogP contribution in [0.25, 0.3) is 26.3 Å². The number of fused-ring (bicyclic) bond motifs is 1. The zero-order valence-electron chi connectivity index (χ0n) is 16.3. The van der Waals surface area contributed by atoms with Gasteiger partial charge < -0.3 is 4.57 Å². The van der Waals surface area contributed by atoms with Crippen molar-refractivity contribution < 1.29 is 26.3 Å². The molecule has 0 fully saturated rings. The molecule has 4 aromatic rings. The van der Waals surface area contributed by atoms with Crippen molar-refractivity contribution in [2.45, 2.75) is 25.8 Å². The first-order valence-corrected chi connectivity index (χ1v) is 10.0. The topological polar surface area (TPSA) is 22.2 Å². The SMILES string of the molecule is [C-]#[N+]c1ccc2c(cc(C)n2Cc2cnc(-c3cccc(C(F)(F)F)c3)s2)c1C(F)(F)F. The molecular weight excluding hydrogens is 452 g/mol. The molecule has 3 nitrogen and oxygen atoms in total. The van der Waals surface area contributed by atoms with Gasteiger partial charge in [-0.05, 0) is 31.2 Å². The Morgan fingerprint density at radius 1 is 1.03 bits per heavy atom. The van der Waals surface area contributed by atoms with Crippen LogP contribution in [-0.4, -0.2) is 9.55 Å². The number of halogens is 6. The first-order valence-electron chi connectivity index (χ1n) is 9.19. The van der Waals surface area contributed by atoms with Gasteiger partial charge in [0.15, 0.2) is 5.69 Å². The lowest BCUT2D eigenvalue weighted by Crippen LogP contribution is -2.06. The van der Waals surface area contributed by atoms with Gasteiger partial charge in [0.25, 0.3) is 0 Å². The van der Waals surface area contributed by atoms with Crippen LogP contribution in [-0.2, 0) is 18.9 Å². The van der Waals surface area contributed by atoms with Crippen molar-refractivity contribution >= 4 is 27.9 Å². The molecule has 2 heterocycles. The number of aromatic nitrogens is 2. The van der Waals surface area contributed by atoms with E-state index in [1.165, 1.54) is 41.8 Å². The minimum atomic E-state index is -4.68. The lowest BCUT2D eigenvalue weighted by molar-refractivity contribution is -0.137. The smallest absolute Gasteiger partial charge is 0.340 e. The van der Waals surface area contributed by atoms with Crippen molar-refractivity contribution in [2.75, 3.05) is 0 Å². The first-order chi connectivity index (χ1) is 15.0. The zero-order valence-corrected chi connectivity index (χ0v) is 17.2. The van der Waals surface area contributed by atoms with Crippen molar-refractivity contribution in [1.29, 1.82) is 0 Å². The molecule has 0 spiro atoms. The molecular formula is C22H13F6N3S. The molecule has 0 aliphatic rings. The number of hydrogen-bond acceptors (Lipinski definition) is 2. The molecule has 0 saturated heterocycles. The van der Waals surface area contributed by atoms with Gasteiger partial charge in [0, 0.05) is 33.2 Å². The van der Waals surface area contributed by atoms with E-state index in [-0.39, 0.29) is 11.9 Å². The monoisotopic (exact) mass is 465 g/mol. The van der Waals surface area contributed by atoms with Crippen LogP contribution >= 0.6 is 11.3 Å². The summed E-state index contributed by atoms with van der Waals surface area (Å²) in [5.41, 5.74) is -1.04. The molecule has 32 heavy (non-hydrogen) atoms. The maximum Gasteiger partial charge on any atom is 0.416 e. The number of alkyl halides is 6. The standard InChI is InChI=1S/C22H13F6N3S/c1-12-8-16-18(7-6-17(29-2)19(16)22(26,27)28)31(12)11-15-10-30-20(32-15)13-4-3-5-14(9-13)21(23,24)25/h3-10H,11H2,1H3. The summed E-state index contributed by atoms with van der Waals surface area (Å²) in [6, 6.07) is 8.82. The molecule has 2 aromatic heterocycles. The van der Waals surface area contributed by atoms with E-state index >= 15 is 0 Å². The minimum absolute atomic E-state index is 0.0638. The van der Waals surface area contributed by atoms with Crippen molar-refractivity contribution in [3.63, 3.8) is 0 Å². The Kier molecular flexibility index (Phi) is 5.25. The lowest BCUT2D eigenvalue weighted by atomic mass is 10.1. The molecule has 0 radical (unpaired) electrons. The van der Waals surface area contributed by atoms with Gasteiger partial charge in [-0.3, -0.25) is 0 Å². The minimum Gasteiger partial charge on any atom is -0.340 e. The van der Waals surface area contributed by atoms with E-state index in [0.717, 1.165) is 18.2 Å². The third-order valence-corrected chi connectivity index (χ3v) is 6.01. The number of nitrogens with zero attached hydrogens (tertiary/aromatic N) is 3. The van der Waals surface area contributed by atoms with Crippen molar-refractivity contribution in [1.82, 2.24) is 9.55 Å². The summed E-state index contributed by atoms with van der Waals surface area (Å²) in [6.45, 7) is 8.91. The van der Waals surface area contributed by atoms with Crippen molar-refractivity contribution in [3.05, 3.63) is 81.8 Å². The van der Waals surface area contributed by atoms with Crippen LogP contribution in [0.1, 0.15) is 21.7 Å². The molecule has 164 valence electrons. The first kappa shape index (κ1) is 21.9. The average Bonchev–Trinajstić information content (AvgIpc) is 3.31. The summed E-state index contributed by atoms with van der Waals surface area (Å²) < 4.78 is 81.4. The van der Waals surface area contributed by atoms with Crippen LogP contribution in [0.2, 0.25) is 0 Å². The second kappa shape index (κ2) is 7.67. The molecule has 0 saturated carbocycles. The highest BCUT2D eigenvalue weighted by Gasteiger charge is 2.36. The Hall–Kier alpha value is -3.32. The van der Waals surface area contributed by atoms with Gasteiger partial charge in [-0.1, -0.05) is 18.2 Å². The van der Waals surface area contributed by atoms with Crippen LogP contribution in [0, 0.1) is 13.5 Å². The lowest BCUT2D eigenvalue weighted by Gasteiger charge is -2.12. The van der Waals surface area contributed by atoms with E-state index < -0.39 is 29.2 Å². The van der Waals surface area contributed by atoms with E-state index in [4.69, 9.17) is 6.57 Å². The second-order valence-corrected chi connectivity index (χ2v) is 8.20. The Morgan fingerprint density at radius 2 is 1.78 bits per heavy atom. The fourth-order valence-corrected chi connectivity index (χ4v) is 4.45. The van der Waals surface area contributed by atoms with Crippen LogP contribution in [0.4, 0.5) is 32.0 Å². The van der Waals surface area contributed by atoms with E-state index in [1.54, 1.807) is 11.5 Å². The van der Waals surface area contributed by atoms with Gasteiger partial charge >= 0.3 is 12.4 Å². The number of rotatable bonds is 3. The fourth-order valence-electron chi connectivity index (χ4n) is 3.55. The van der Waals surface area contributed by atoms with Crippen LogP contribution < -0.4 is 0 Å². The summed E-state index contributed by atoms with van der Waals surface area (Å²) in [6.07, 6.45) is -7.65. The fraction of sp³-hybridized carbons (Fsp3) is 0.182. The molecule has 0 N–H and O–H groups in total. The van der Waals surface area contributed by atoms with Crippen LogP contribution in [0.15, 0.2) is 48.7 Å². The molecule has 10 heteroatoms. The largest absolute Gasteiger partial charge is 0.416 e. The van der Waals surface area contributed by atoms with Gasteiger partial charge in [-0.25, -0.2) is 9.83 Å². The summed E-state index contributed by atoms with van der Waals surface area (Å²) >= 11 is 1.17. The van der Waals surface area contributed by atoms with Gasteiger partial charge in [0.05, 0.1) is 24.2 Å². The maximum atomic E-state index is 13.6. The molecule has 4 rings (SSSR count). The Labute approximate surface area is 182 Å². The van der Waals surface area contributed by atoms with Crippen LogP contribution in [0.3, 0.4) is 0 Å². The van der Waals surface area contributed by atoms with E-state index in [9.17, 15) is 26.3 Å². The molecule has 0 bridgehead atoms. The quantitative estimate of drug-likeness (QED) is 0.224. The van der Waals surface area contributed by atoms with Gasteiger partial charge in [-0.15, -0.1) is 11.3 Å². The highest BCUT2D eigenvalue weighted by atomic mass is 32.1. The Bertz CT molecular complexity index is 1350. The molecule has 0 unspecified atom stereocenters. The predicted molar refractivity (Wildman–Crippen MR) is 110 cm³/mol. The third kappa shape index (κ3) is 3.96. The van der Waals surface area contributed by atoms with E-state index in [2.05, 4.69) is 9.83 Å². The molecule has 2 aromatic carbocycles. The second-order valence-electron chi connectivity index (χ2n) is 7.08. The Balaban J connectivity index is 1.73. The molecule has 0 aliphatic heterocycles. The van der Waals surface area contributed by atoms with Crippen molar-refractivity contribution in [2.24, 2.45) is 0 Å². The highest BCUT2D eigenvalue weighted by Crippen LogP contribution is 2.42. The molecule has 0 aliphatic carbocycles. The number of aryl methyl sites for hydroxylation is 1. The summed E-state index contributed by atoms with van der Waals surface area (Å²) in [5, 5.41) is 0.317. The van der Waals surface area contributed by atoms with E-state index in [1.807, 2.05) is 0 Å². The molecule has 0 amide bonds. The number of benzene rings is 2. The van der Waals surface area contributed by atoms with Crippen molar-refractivity contribution in [3.8, 4) is 10.6 Å². The Morgan fingerprint density at radius 3 is 2.44 bits per heavy atom.